The van der Waals surface area contributed by atoms with E-state index in [0.29, 0.717) is 12.8 Å². The number of rotatable bonds is 13. The van der Waals surface area contributed by atoms with E-state index in [2.05, 4.69) is 34.9 Å². The second-order valence-electron chi connectivity index (χ2n) is 5.53. The maximum Gasteiger partial charge on any atom is 0.365 e. The monoisotopic (exact) mass is 382 g/mol. The Balaban J connectivity index is 3.85. The second kappa shape index (κ2) is 11.3. The lowest BCUT2D eigenvalue weighted by atomic mass is 10.1. The molecule has 8 heteroatoms. The highest BCUT2D eigenvalue weighted by Gasteiger charge is 2.56. The van der Waals surface area contributed by atoms with Crippen LogP contribution in [0.2, 0.25) is 0 Å². The molecule has 0 fully saturated rings. The second-order valence-corrected chi connectivity index (χ2v) is 6.54. The van der Waals surface area contributed by atoms with E-state index in [9.17, 15) is 22.4 Å². The summed E-state index contributed by atoms with van der Waals surface area (Å²) in [5.74, 6) is -1.15. The van der Waals surface area contributed by atoms with Gasteiger partial charge in [0, 0.05) is 6.42 Å². The van der Waals surface area contributed by atoms with Crippen molar-refractivity contribution in [1.29, 1.82) is 0 Å². The first-order valence-corrected chi connectivity index (χ1v) is 8.67. The molecule has 0 amide bonds. The Morgan fingerprint density at radius 1 is 0.870 bits per heavy atom. The largest absolute Gasteiger partial charge is 0.446 e. The molecule has 138 valence electrons. The molecule has 0 saturated heterocycles. The van der Waals surface area contributed by atoms with Crippen molar-refractivity contribution in [2.24, 2.45) is 0 Å². The Morgan fingerprint density at radius 2 is 1.26 bits per heavy atom. The van der Waals surface area contributed by atoms with E-state index in [1.807, 2.05) is 0 Å². The number of carbonyl (C=O) groups is 1. The molecule has 0 aromatic rings. The van der Waals surface area contributed by atoms with E-state index in [-0.39, 0.29) is 6.42 Å². The fourth-order valence-corrected chi connectivity index (χ4v) is 2.51. The molecule has 0 bridgehead atoms. The van der Waals surface area contributed by atoms with E-state index in [1.54, 1.807) is 0 Å². The number of ether oxygens (including phenoxy) is 1. The summed E-state index contributed by atoms with van der Waals surface area (Å²) in [6.45, 7) is 2.14. The van der Waals surface area contributed by atoms with Gasteiger partial charge in [-0.25, -0.2) is 0 Å². The smallest absolute Gasteiger partial charge is 0.365 e. The highest BCUT2D eigenvalue weighted by Crippen LogP contribution is 2.39. The highest BCUT2D eigenvalue weighted by atomic mass is 35.5. The Bertz CT molecular complexity index is 316. The van der Waals surface area contributed by atoms with Gasteiger partial charge in [-0.15, -0.1) is 0 Å². The zero-order chi connectivity index (χ0) is 17.9. The summed E-state index contributed by atoms with van der Waals surface area (Å²) in [7, 11) is 0. The fourth-order valence-electron chi connectivity index (χ4n) is 2.09. The minimum atomic E-state index is -4.43. The maximum atomic E-state index is 12.8. The van der Waals surface area contributed by atoms with Crippen molar-refractivity contribution in [3.05, 3.63) is 0 Å². The molecule has 0 radical (unpaired) electrons. The van der Waals surface area contributed by atoms with Crippen LogP contribution in [0, 0.1) is 0 Å². The molecule has 0 heterocycles. The number of carbonyl (C=O) groups excluding carboxylic acids is 1. The van der Waals surface area contributed by atoms with Crippen molar-refractivity contribution in [2.45, 2.75) is 88.0 Å². The van der Waals surface area contributed by atoms with Gasteiger partial charge < -0.3 is 4.74 Å². The van der Waals surface area contributed by atoms with Gasteiger partial charge in [-0.2, -0.15) is 17.6 Å². The van der Waals surface area contributed by atoms with Crippen LogP contribution in [0.1, 0.15) is 71.1 Å². The molecular formula is C15H24Cl2F4O2. The summed E-state index contributed by atoms with van der Waals surface area (Å²) in [5, 5.41) is -8.86. The van der Waals surface area contributed by atoms with Crippen molar-refractivity contribution in [3.8, 4) is 0 Å². The van der Waals surface area contributed by atoms with Crippen LogP contribution < -0.4 is 0 Å². The molecule has 0 saturated carbocycles. The number of halogens is 6. The first-order valence-electron chi connectivity index (χ1n) is 7.92. The molecule has 23 heavy (non-hydrogen) atoms. The number of hydrogen-bond donors (Lipinski definition) is 0. The molecule has 0 N–H and O–H groups in total. The van der Waals surface area contributed by atoms with E-state index in [4.69, 9.17) is 0 Å². The molecule has 0 rings (SSSR count). The van der Waals surface area contributed by atoms with Crippen LogP contribution in [-0.4, -0.2) is 22.8 Å². The Hall–Kier alpha value is -0.230. The van der Waals surface area contributed by atoms with E-state index in [1.165, 1.54) is 25.7 Å². The van der Waals surface area contributed by atoms with Gasteiger partial charge in [-0.3, -0.25) is 4.79 Å². The SMILES string of the molecule is CCCCCCCCCCCC(=O)OC(C(F)(F)Cl)C(F)(F)Cl. The molecule has 0 aliphatic heterocycles. The molecule has 0 aliphatic rings. The van der Waals surface area contributed by atoms with Gasteiger partial charge in [0.15, 0.2) is 0 Å². The Kier molecular flexibility index (Phi) is 11.2. The first-order chi connectivity index (χ1) is 10.6. The van der Waals surface area contributed by atoms with Crippen molar-refractivity contribution in [1.82, 2.24) is 0 Å². The van der Waals surface area contributed by atoms with E-state index >= 15 is 0 Å². The van der Waals surface area contributed by atoms with Crippen LogP contribution in [0.4, 0.5) is 17.6 Å². The average Bonchev–Trinajstić information content (AvgIpc) is 2.40. The lowest BCUT2D eigenvalue weighted by Crippen LogP contribution is -2.44. The lowest BCUT2D eigenvalue weighted by Gasteiger charge is -2.25. The van der Waals surface area contributed by atoms with Gasteiger partial charge in [0.2, 0.25) is 0 Å². The molecule has 0 aliphatic carbocycles. The van der Waals surface area contributed by atoms with Crippen LogP contribution >= 0.6 is 23.2 Å². The summed E-state index contributed by atoms with van der Waals surface area (Å²) >= 11 is 9.02. The van der Waals surface area contributed by atoms with Crippen LogP contribution in [0.3, 0.4) is 0 Å². The number of hydrogen-bond acceptors (Lipinski definition) is 2. The predicted octanol–water partition coefficient (Wildman–Crippen LogP) is 6.48. The molecule has 0 atom stereocenters. The summed E-state index contributed by atoms with van der Waals surface area (Å²) in [5.41, 5.74) is 0. The first kappa shape index (κ1) is 22.8. The zero-order valence-corrected chi connectivity index (χ0v) is 14.7. The third-order valence-corrected chi connectivity index (χ3v) is 3.72. The van der Waals surface area contributed by atoms with Crippen LogP contribution in [0.15, 0.2) is 0 Å². The van der Waals surface area contributed by atoms with Crippen molar-refractivity contribution in [3.63, 3.8) is 0 Å². The number of alkyl halides is 6. The van der Waals surface area contributed by atoms with Gasteiger partial charge in [0.05, 0.1) is 0 Å². The van der Waals surface area contributed by atoms with Gasteiger partial charge in [-0.1, -0.05) is 58.3 Å². The van der Waals surface area contributed by atoms with Gasteiger partial charge in [0.1, 0.15) is 0 Å². The van der Waals surface area contributed by atoms with Gasteiger partial charge in [0.25, 0.3) is 6.10 Å². The van der Waals surface area contributed by atoms with Crippen LogP contribution in [0.5, 0.6) is 0 Å². The third kappa shape index (κ3) is 11.9. The standard InChI is InChI=1S/C15H24Cl2F4O2/c1-2-3-4-5-6-7-8-9-10-11-12(22)23-13(14(16,18)19)15(17,20)21/h13H,2-11H2,1H3. The average molecular weight is 383 g/mol. The van der Waals surface area contributed by atoms with Crippen LogP contribution in [0.25, 0.3) is 0 Å². The predicted molar refractivity (Wildman–Crippen MR) is 83.3 cm³/mol. The minimum absolute atomic E-state index is 0.216. The molecular weight excluding hydrogens is 359 g/mol. The van der Waals surface area contributed by atoms with Gasteiger partial charge >= 0.3 is 16.7 Å². The highest BCUT2D eigenvalue weighted by molar-refractivity contribution is 6.25. The number of unbranched alkanes of at least 4 members (excludes halogenated alkanes) is 8. The van der Waals surface area contributed by atoms with Crippen molar-refractivity contribution < 1.29 is 27.1 Å². The third-order valence-electron chi connectivity index (χ3n) is 3.33. The summed E-state index contributed by atoms with van der Waals surface area (Å²) < 4.78 is 55.2. The molecule has 0 aromatic carbocycles. The summed E-state index contributed by atoms with van der Waals surface area (Å²) in [4.78, 5) is 11.3. The normalized spacial score (nSPS) is 12.7. The van der Waals surface area contributed by atoms with E-state index in [0.717, 1.165) is 19.3 Å². The lowest BCUT2D eigenvalue weighted by molar-refractivity contribution is -0.187. The molecule has 0 aromatic heterocycles. The Morgan fingerprint density at radius 3 is 1.65 bits per heavy atom. The summed E-state index contributed by atoms with van der Waals surface area (Å²) in [6, 6.07) is 0. The van der Waals surface area contributed by atoms with Crippen LogP contribution in [-0.2, 0) is 9.53 Å². The Labute approximate surface area is 144 Å². The molecule has 2 nitrogen and oxygen atoms in total. The van der Waals surface area contributed by atoms with Gasteiger partial charge in [-0.05, 0) is 29.6 Å². The summed E-state index contributed by atoms with van der Waals surface area (Å²) in [6.07, 6.45) is 5.55. The fraction of sp³-hybridized carbons (Fsp3) is 0.933. The van der Waals surface area contributed by atoms with Crippen molar-refractivity contribution in [2.75, 3.05) is 0 Å². The quantitative estimate of drug-likeness (QED) is 0.157. The zero-order valence-electron chi connectivity index (χ0n) is 13.2. The topological polar surface area (TPSA) is 26.3 Å². The van der Waals surface area contributed by atoms with E-state index < -0.39 is 22.8 Å². The van der Waals surface area contributed by atoms with Crippen molar-refractivity contribution >= 4 is 29.2 Å². The maximum absolute atomic E-state index is 12.8. The molecule has 0 spiro atoms. The minimum Gasteiger partial charge on any atom is -0.446 e. The number of esters is 1. The molecule has 0 unspecified atom stereocenters.